The minimum Gasteiger partial charge on any atom is -0.391 e. The van der Waals surface area contributed by atoms with Gasteiger partial charge in [0.2, 0.25) is 0 Å². The zero-order valence-electron chi connectivity index (χ0n) is 9.50. The molecule has 2 nitrogen and oxygen atoms in total. The van der Waals surface area contributed by atoms with Crippen LogP contribution in [-0.2, 0) is 6.42 Å². The van der Waals surface area contributed by atoms with Gasteiger partial charge >= 0.3 is 0 Å². The molecule has 0 aromatic heterocycles. The maximum absolute atomic E-state index is 9.77. The average Bonchev–Trinajstić information content (AvgIpc) is 2.21. The van der Waals surface area contributed by atoms with Crippen LogP contribution in [0.2, 0.25) is 10.0 Å². The zero-order valence-corrected chi connectivity index (χ0v) is 11.0. The first kappa shape index (κ1) is 13.8. The predicted octanol–water partition coefficient (Wildman–Crippen LogP) is 2.89. The summed E-state index contributed by atoms with van der Waals surface area (Å²) >= 11 is 11.7. The highest BCUT2D eigenvalue weighted by Crippen LogP contribution is 2.23. The van der Waals surface area contributed by atoms with Crippen LogP contribution < -0.4 is 5.32 Å². The Balaban J connectivity index is 2.49. The summed E-state index contributed by atoms with van der Waals surface area (Å²) < 4.78 is 0. The molecule has 1 aromatic carbocycles. The molecule has 0 bridgehead atoms. The van der Waals surface area contributed by atoms with Gasteiger partial charge in [0, 0.05) is 12.6 Å². The zero-order chi connectivity index (χ0) is 12.1. The van der Waals surface area contributed by atoms with E-state index in [9.17, 15) is 5.11 Å². The van der Waals surface area contributed by atoms with Crippen LogP contribution in [0, 0.1) is 0 Å². The Bertz CT molecular complexity index is 342. The van der Waals surface area contributed by atoms with E-state index < -0.39 is 6.10 Å². The second-order valence-electron chi connectivity index (χ2n) is 4.17. The Morgan fingerprint density at radius 1 is 1.25 bits per heavy atom. The number of benzene rings is 1. The first-order chi connectivity index (χ1) is 7.49. The topological polar surface area (TPSA) is 32.3 Å². The summed E-state index contributed by atoms with van der Waals surface area (Å²) in [7, 11) is 0. The van der Waals surface area contributed by atoms with Crippen molar-refractivity contribution < 1.29 is 5.11 Å². The number of aliphatic hydroxyl groups is 1. The number of aliphatic hydroxyl groups excluding tert-OH is 1. The van der Waals surface area contributed by atoms with Gasteiger partial charge in [0.05, 0.1) is 16.1 Å². The lowest BCUT2D eigenvalue weighted by Crippen LogP contribution is -2.33. The normalized spacial score (nSPS) is 13.1. The second-order valence-corrected chi connectivity index (χ2v) is 4.98. The van der Waals surface area contributed by atoms with Crippen LogP contribution in [0.25, 0.3) is 0 Å². The van der Waals surface area contributed by atoms with Crippen molar-refractivity contribution in [3.8, 4) is 0 Å². The molecule has 0 heterocycles. The first-order valence-corrected chi connectivity index (χ1v) is 6.10. The third kappa shape index (κ3) is 4.71. The van der Waals surface area contributed by atoms with Gasteiger partial charge in [-0.15, -0.1) is 0 Å². The van der Waals surface area contributed by atoms with Crippen LogP contribution in [-0.4, -0.2) is 23.8 Å². The lowest BCUT2D eigenvalue weighted by molar-refractivity contribution is 0.169. The molecule has 1 rings (SSSR count). The number of hydrogen-bond donors (Lipinski definition) is 2. The van der Waals surface area contributed by atoms with E-state index in [-0.39, 0.29) is 0 Å². The van der Waals surface area contributed by atoms with E-state index in [1.807, 2.05) is 19.9 Å². The van der Waals surface area contributed by atoms with Gasteiger partial charge < -0.3 is 10.4 Å². The lowest BCUT2D eigenvalue weighted by Gasteiger charge is -2.14. The first-order valence-electron chi connectivity index (χ1n) is 5.34. The summed E-state index contributed by atoms with van der Waals surface area (Å²) in [5.41, 5.74) is 0.993. The van der Waals surface area contributed by atoms with Crippen LogP contribution >= 0.6 is 23.2 Å². The largest absolute Gasteiger partial charge is 0.391 e. The summed E-state index contributed by atoms with van der Waals surface area (Å²) in [6.07, 6.45) is 0.177. The fourth-order valence-corrected chi connectivity index (χ4v) is 1.70. The third-order valence-electron chi connectivity index (χ3n) is 2.22. The van der Waals surface area contributed by atoms with Gasteiger partial charge in [-0.1, -0.05) is 43.1 Å². The molecule has 2 N–H and O–H groups in total. The van der Waals surface area contributed by atoms with Crippen molar-refractivity contribution in [1.29, 1.82) is 0 Å². The Kier molecular flexibility index (Phi) is 5.56. The van der Waals surface area contributed by atoms with E-state index >= 15 is 0 Å². The minimum absolute atomic E-state index is 0.378. The quantitative estimate of drug-likeness (QED) is 0.855. The molecule has 0 aliphatic rings. The summed E-state index contributed by atoms with van der Waals surface area (Å²) in [6.45, 7) is 4.68. The fourth-order valence-electron chi connectivity index (χ4n) is 1.38. The Morgan fingerprint density at radius 3 is 2.50 bits per heavy atom. The average molecular weight is 262 g/mol. The molecule has 0 amide bonds. The Labute approximate surface area is 107 Å². The molecule has 0 aliphatic carbocycles. The van der Waals surface area contributed by atoms with Crippen LogP contribution in [0.1, 0.15) is 19.4 Å². The van der Waals surface area contributed by atoms with Crippen molar-refractivity contribution in [2.24, 2.45) is 0 Å². The monoisotopic (exact) mass is 261 g/mol. The summed E-state index contributed by atoms with van der Waals surface area (Å²) in [5, 5.41) is 14.0. The maximum Gasteiger partial charge on any atom is 0.0704 e. The maximum atomic E-state index is 9.77. The highest BCUT2D eigenvalue weighted by atomic mass is 35.5. The smallest absolute Gasteiger partial charge is 0.0704 e. The van der Waals surface area contributed by atoms with Crippen molar-refractivity contribution in [3.63, 3.8) is 0 Å². The van der Waals surface area contributed by atoms with E-state index in [1.54, 1.807) is 12.1 Å². The van der Waals surface area contributed by atoms with Crippen LogP contribution in [0.4, 0.5) is 0 Å². The molecular formula is C12H17Cl2NO. The number of rotatable bonds is 5. The standard InChI is InChI=1S/C12H17Cl2NO/c1-8(2)15-7-10(16)5-9-3-4-11(13)12(14)6-9/h3-4,6,8,10,15-16H,5,7H2,1-2H3. The van der Waals surface area contributed by atoms with Gasteiger partial charge in [-0.2, -0.15) is 0 Å². The van der Waals surface area contributed by atoms with E-state index in [0.29, 0.717) is 29.1 Å². The van der Waals surface area contributed by atoms with E-state index in [1.165, 1.54) is 0 Å². The minimum atomic E-state index is -0.403. The molecular weight excluding hydrogens is 245 g/mol. The van der Waals surface area contributed by atoms with Crippen molar-refractivity contribution in [2.75, 3.05) is 6.54 Å². The van der Waals surface area contributed by atoms with Crippen molar-refractivity contribution >= 4 is 23.2 Å². The van der Waals surface area contributed by atoms with Crippen molar-refractivity contribution in [3.05, 3.63) is 33.8 Å². The molecule has 0 saturated heterocycles. The molecule has 0 radical (unpaired) electrons. The van der Waals surface area contributed by atoms with E-state index in [4.69, 9.17) is 23.2 Å². The molecule has 0 saturated carbocycles. The highest BCUT2D eigenvalue weighted by Gasteiger charge is 2.07. The van der Waals surface area contributed by atoms with Gasteiger partial charge in [-0.3, -0.25) is 0 Å². The molecule has 0 aliphatic heterocycles. The predicted molar refractivity (Wildman–Crippen MR) is 69.3 cm³/mol. The van der Waals surface area contributed by atoms with Gasteiger partial charge in [0.25, 0.3) is 0 Å². The van der Waals surface area contributed by atoms with E-state index in [0.717, 1.165) is 5.56 Å². The lowest BCUT2D eigenvalue weighted by atomic mass is 10.1. The van der Waals surface area contributed by atoms with Gasteiger partial charge in [0.1, 0.15) is 0 Å². The molecule has 90 valence electrons. The summed E-state index contributed by atoms with van der Waals surface area (Å²) in [6, 6.07) is 5.81. The molecule has 1 aromatic rings. The molecule has 4 heteroatoms. The van der Waals surface area contributed by atoms with E-state index in [2.05, 4.69) is 5.32 Å². The molecule has 0 fully saturated rings. The number of hydrogen-bond acceptors (Lipinski definition) is 2. The van der Waals surface area contributed by atoms with Gasteiger partial charge in [0.15, 0.2) is 0 Å². The second kappa shape index (κ2) is 6.45. The van der Waals surface area contributed by atoms with Crippen molar-refractivity contribution in [1.82, 2.24) is 5.32 Å². The molecule has 1 unspecified atom stereocenters. The van der Waals surface area contributed by atoms with Gasteiger partial charge in [-0.25, -0.2) is 0 Å². The Morgan fingerprint density at radius 2 is 1.94 bits per heavy atom. The third-order valence-corrected chi connectivity index (χ3v) is 2.96. The van der Waals surface area contributed by atoms with Crippen LogP contribution in [0.3, 0.4) is 0 Å². The van der Waals surface area contributed by atoms with Crippen LogP contribution in [0.5, 0.6) is 0 Å². The summed E-state index contributed by atoms with van der Waals surface area (Å²) in [5.74, 6) is 0. The number of nitrogens with one attached hydrogen (secondary N) is 1. The molecule has 0 spiro atoms. The fraction of sp³-hybridized carbons (Fsp3) is 0.500. The SMILES string of the molecule is CC(C)NCC(O)Cc1ccc(Cl)c(Cl)c1. The number of halogens is 2. The molecule has 1 atom stereocenters. The van der Waals surface area contributed by atoms with Crippen LogP contribution in [0.15, 0.2) is 18.2 Å². The van der Waals surface area contributed by atoms with Crippen molar-refractivity contribution in [2.45, 2.75) is 32.4 Å². The Hall–Kier alpha value is -0.280. The molecule has 16 heavy (non-hydrogen) atoms. The van der Waals surface area contributed by atoms with Gasteiger partial charge in [-0.05, 0) is 24.1 Å². The summed E-state index contributed by atoms with van der Waals surface area (Å²) in [4.78, 5) is 0. The highest BCUT2D eigenvalue weighted by molar-refractivity contribution is 6.42.